The molecule has 0 spiro atoms. The molecular formula is C12H21ClN2O2. The molecule has 1 rings (SSSR count). The zero-order valence-electron chi connectivity index (χ0n) is 10.8. The van der Waals surface area contributed by atoms with Crippen LogP contribution in [0.2, 0.25) is 0 Å². The molecule has 0 aliphatic carbocycles. The molecule has 1 heterocycles. The molecule has 0 saturated heterocycles. The maximum atomic E-state index is 11.4. The van der Waals surface area contributed by atoms with Gasteiger partial charge in [0.15, 0.2) is 0 Å². The second kappa shape index (κ2) is 6.67. The molecule has 0 fully saturated rings. The molecule has 1 N–H and O–H groups in total. The van der Waals surface area contributed by atoms with Gasteiger partial charge in [-0.15, -0.1) is 12.4 Å². The highest BCUT2D eigenvalue weighted by Gasteiger charge is 2.16. The Bertz CT molecular complexity index is 319. The Morgan fingerprint density at radius 3 is 2.71 bits per heavy atom. The molecule has 0 saturated carbocycles. The van der Waals surface area contributed by atoms with E-state index in [2.05, 4.69) is 5.43 Å². The van der Waals surface area contributed by atoms with E-state index in [0.29, 0.717) is 0 Å². The largest absolute Gasteiger partial charge is 0.459 e. The Hall–Kier alpha value is -1.00. The lowest BCUT2D eigenvalue weighted by atomic mass is 10.2. The highest BCUT2D eigenvalue weighted by molar-refractivity contribution is 5.85. The second-order valence-corrected chi connectivity index (χ2v) is 4.85. The smallest absolute Gasteiger partial charge is 0.322 e. The summed E-state index contributed by atoms with van der Waals surface area (Å²) in [4.78, 5) is 11.4. The minimum absolute atomic E-state index is 0. The first-order valence-corrected chi connectivity index (χ1v) is 5.44. The van der Waals surface area contributed by atoms with Crippen molar-refractivity contribution in [2.75, 3.05) is 13.1 Å². The fraction of sp³-hybridized carbons (Fsp3) is 0.583. The van der Waals surface area contributed by atoms with Crippen LogP contribution in [0.25, 0.3) is 0 Å². The summed E-state index contributed by atoms with van der Waals surface area (Å²) in [6, 6.07) is 0. The molecule has 1 aliphatic heterocycles. The number of hydrogen-bond donors (Lipinski definition) is 1. The number of halogens is 1. The van der Waals surface area contributed by atoms with Crippen molar-refractivity contribution < 1.29 is 9.53 Å². The summed E-state index contributed by atoms with van der Waals surface area (Å²) < 4.78 is 5.19. The van der Waals surface area contributed by atoms with Crippen molar-refractivity contribution in [3.8, 4) is 0 Å². The molecule has 17 heavy (non-hydrogen) atoms. The van der Waals surface area contributed by atoms with E-state index in [1.807, 2.05) is 51.1 Å². The lowest BCUT2D eigenvalue weighted by Crippen LogP contribution is -2.40. The van der Waals surface area contributed by atoms with E-state index in [1.165, 1.54) is 0 Å². The first kappa shape index (κ1) is 16.0. The van der Waals surface area contributed by atoms with E-state index in [9.17, 15) is 4.79 Å². The van der Waals surface area contributed by atoms with E-state index < -0.39 is 5.60 Å². The highest BCUT2D eigenvalue weighted by atomic mass is 35.5. The summed E-state index contributed by atoms with van der Waals surface area (Å²) in [6.45, 7) is 8.54. The van der Waals surface area contributed by atoms with Crippen LogP contribution in [0.1, 0.15) is 27.7 Å². The second-order valence-electron chi connectivity index (χ2n) is 4.85. The Morgan fingerprint density at radius 1 is 1.53 bits per heavy atom. The summed E-state index contributed by atoms with van der Waals surface area (Å²) in [7, 11) is 0. The number of hydrogen-bond acceptors (Lipinski definition) is 4. The van der Waals surface area contributed by atoms with Gasteiger partial charge in [0.1, 0.15) is 12.1 Å². The molecule has 4 nitrogen and oxygen atoms in total. The molecular weight excluding hydrogens is 240 g/mol. The molecule has 1 aliphatic rings. The van der Waals surface area contributed by atoms with Crippen LogP contribution in [0.4, 0.5) is 0 Å². The average Bonchev–Trinajstić information content (AvgIpc) is 2.12. The van der Waals surface area contributed by atoms with Crippen molar-refractivity contribution >= 4 is 18.4 Å². The van der Waals surface area contributed by atoms with Gasteiger partial charge in [-0.25, -0.2) is 5.43 Å². The summed E-state index contributed by atoms with van der Waals surface area (Å²) in [5, 5.41) is 1.87. The minimum atomic E-state index is -0.424. The van der Waals surface area contributed by atoms with E-state index >= 15 is 0 Å². The maximum absolute atomic E-state index is 11.4. The van der Waals surface area contributed by atoms with Crippen LogP contribution in [0, 0.1) is 0 Å². The van der Waals surface area contributed by atoms with Gasteiger partial charge in [0.25, 0.3) is 0 Å². The van der Waals surface area contributed by atoms with Gasteiger partial charge in [0, 0.05) is 6.20 Å². The molecule has 5 heteroatoms. The van der Waals surface area contributed by atoms with Gasteiger partial charge < -0.3 is 9.75 Å². The molecule has 0 aromatic heterocycles. The van der Waals surface area contributed by atoms with Gasteiger partial charge in [0.05, 0.1) is 6.54 Å². The third kappa shape index (κ3) is 7.02. The topological polar surface area (TPSA) is 41.6 Å². The Labute approximate surface area is 109 Å². The lowest BCUT2D eigenvalue weighted by Gasteiger charge is -2.24. The Morgan fingerprint density at radius 2 is 2.18 bits per heavy atom. The van der Waals surface area contributed by atoms with Crippen LogP contribution in [-0.4, -0.2) is 29.7 Å². The van der Waals surface area contributed by atoms with Crippen molar-refractivity contribution in [3.63, 3.8) is 0 Å². The third-order valence-corrected chi connectivity index (χ3v) is 1.89. The van der Waals surface area contributed by atoms with Crippen LogP contribution in [0.5, 0.6) is 0 Å². The number of rotatable bonds is 3. The molecule has 0 radical (unpaired) electrons. The van der Waals surface area contributed by atoms with Gasteiger partial charge in [-0.3, -0.25) is 4.79 Å². The molecule has 0 unspecified atom stereocenters. The van der Waals surface area contributed by atoms with Crippen LogP contribution in [-0.2, 0) is 9.53 Å². The number of carbonyl (C=O) groups is 1. The maximum Gasteiger partial charge on any atom is 0.322 e. The average molecular weight is 261 g/mol. The normalized spacial score (nSPS) is 15.1. The predicted octanol–water partition coefficient (Wildman–Crippen LogP) is 2.03. The van der Waals surface area contributed by atoms with Gasteiger partial charge in [0.2, 0.25) is 0 Å². The molecule has 0 aromatic rings. The number of hydrazine groups is 1. The van der Waals surface area contributed by atoms with E-state index in [0.717, 1.165) is 12.1 Å². The van der Waals surface area contributed by atoms with Crippen LogP contribution in [0.15, 0.2) is 23.9 Å². The quantitative estimate of drug-likeness (QED) is 0.789. The number of allylic oxidation sites excluding steroid dienone is 2. The van der Waals surface area contributed by atoms with Crippen molar-refractivity contribution in [2.24, 2.45) is 0 Å². The Balaban J connectivity index is 0.00000256. The zero-order chi connectivity index (χ0) is 12.2. The molecule has 0 aromatic carbocycles. The summed E-state index contributed by atoms with van der Waals surface area (Å²) >= 11 is 0. The van der Waals surface area contributed by atoms with Gasteiger partial charge >= 0.3 is 5.97 Å². The highest BCUT2D eigenvalue weighted by Crippen LogP contribution is 2.07. The summed E-state index contributed by atoms with van der Waals surface area (Å²) in [6.07, 6.45) is 6.05. The fourth-order valence-electron chi connectivity index (χ4n) is 1.35. The van der Waals surface area contributed by atoms with Crippen LogP contribution >= 0.6 is 12.4 Å². The van der Waals surface area contributed by atoms with Crippen LogP contribution < -0.4 is 5.43 Å². The van der Waals surface area contributed by atoms with Gasteiger partial charge in [-0.2, -0.15) is 0 Å². The number of ether oxygens (including phenoxy) is 1. The number of esters is 1. The summed E-state index contributed by atoms with van der Waals surface area (Å²) in [5.41, 5.74) is 3.74. The molecule has 0 bridgehead atoms. The van der Waals surface area contributed by atoms with Gasteiger partial charge in [-0.05, 0) is 33.3 Å². The van der Waals surface area contributed by atoms with E-state index in [-0.39, 0.29) is 24.9 Å². The first-order valence-electron chi connectivity index (χ1n) is 5.44. The molecule has 0 atom stereocenters. The number of nitrogens with zero attached hydrogens (tertiary/aromatic N) is 1. The van der Waals surface area contributed by atoms with Gasteiger partial charge in [-0.1, -0.05) is 12.2 Å². The number of nitrogens with one attached hydrogen (secondary N) is 1. The predicted molar refractivity (Wildman–Crippen MR) is 70.7 cm³/mol. The fourth-order valence-corrected chi connectivity index (χ4v) is 1.35. The molecule has 98 valence electrons. The summed E-state index contributed by atoms with van der Waals surface area (Å²) in [5.74, 6) is -0.242. The standard InChI is InChI=1S/C12H20N2O2.ClH/c1-10-6-5-7-14(9-10)13-8-11(15)16-12(2,3)4;/h5-6,9,13H,7-8H2,1-4H3;1H. The minimum Gasteiger partial charge on any atom is -0.459 e. The van der Waals surface area contributed by atoms with Crippen molar-refractivity contribution in [1.29, 1.82) is 0 Å². The molecule has 0 amide bonds. The van der Waals surface area contributed by atoms with Crippen molar-refractivity contribution in [3.05, 3.63) is 23.9 Å². The first-order chi connectivity index (χ1) is 7.37. The lowest BCUT2D eigenvalue weighted by molar-refractivity contribution is -0.154. The Kier molecular flexibility index (Phi) is 6.27. The van der Waals surface area contributed by atoms with Crippen LogP contribution in [0.3, 0.4) is 0 Å². The van der Waals surface area contributed by atoms with Crippen molar-refractivity contribution in [2.45, 2.75) is 33.3 Å². The SMILES string of the molecule is CC1=CN(NCC(=O)OC(C)(C)C)CC=C1.Cl. The third-order valence-electron chi connectivity index (χ3n) is 1.89. The monoisotopic (exact) mass is 260 g/mol. The number of carbonyl (C=O) groups excluding carboxylic acids is 1. The zero-order valence-corrected chi connectivity index (χ0v) is 11.6. The van der Waals surface area contributed by atoms with E-state index in [4.69, 9.17) is 4.74 Å². The van der Waals surface area contributed by atoms with E-state index in [1.54, 1.807) is 0 Å². The van der Waals surface area contributed by atoms with Crippen molar-refractivity contribution in [1.82, 2.24) is 10.4 Å².